The van der Waals surface area contributed by atoms with Gasteiger partial charge in [0.1, 0.15) is 0 Å². The lowest BCUT2D eigenvalue weighted by Crippen LogP contribution is -2.14. The predicted octanol–water partition coefficient (Wildman–Crippen LogP) is 3.35. The Balaban J connectivity index is 2.55. The van der Waals surface area contributed by atoms with E-state index in [1.165, 1.54) is 0 Å². The third-order valence-corrected chi connectivity index (χ3v) is 3.83. The van der Waals surface area contributed by atoms with Gasteiger partial charge in [0.05, 0.1) is 13.0 Å². The van der Waals surface area contributed by atoms with Crippen LogP contribution in [0.3, 0.4) is 0 Å². The van der Waals surface area contributed by atoms with Gasteiger partial charge in [-0.25, -0.2) is 0 Å². The molecule has 0 unspecified atom stereocenters. The third-order valence-electron chi connectivity index (χ3n) is 2.58. The number of ether oxygens (including phenoxy) is 1. The fraction of sp³-hybridized carbons (Fsp3) is 0.429. The lowest BCUT2D eigenvalue weighted by atomic mass is 10.1. The Bertz CT molecular complexity index is 463. The molecule has 1 N–H and O–H groups in total. The fourth-order valence-electron chi connectivity index (χ4n) is 1.69. The van der Waals surface area contributed by atoms with Gasteiger partial charge in [0, 0.05) is 16.6 Å². The summed E-state index contributed by atoms with van der Waals surface area (Å²) in [5.41, 5.74) is 2.86. The van der Waals surface area contributed by atoms with Gasteiger partial charge >= 0.3 is 5.97 Å². The van der Waals surface area contributed by atoms with E-state index < -0.39 is 0 Å². The van der Waals surface area contributed by atoms with E-state index in [-0.39, 0.29) is 24.7 Å². The van der Waals surface area contributed by atoms with Crippen molar-refractivity contribution in [2.75, 3.05) is 11.9 Å². The second-order valence-corrected chi connectivity index (χ2v) is 5.07. The summed E-state index contributed by atoms with van der Waals surface area (Å²) in [4.78, 5) is 22.8. The monoisotopic (exact) mass is 327 g/mol. The highest BCUT2D eigenvalue weighted by molar-refractivity contribution is 9.10. The molecule has 1 amide bonds. The largest absolute Gasteiger partial charge is 0.466 e. The van der Waals surface area contributed by atoms with Crippen molar-refractivity contribution in [3.63, 3.8) is 0 Å². The molecule has 0 heterocycles. The van der Waals surface area contributed by atoms with Gasteiger partial charge in [-0.05, 0) is 44.0 Å². The zero-order valence-electron chi connectivity index (χ0n) is 11.4. The number of benzene rings is 1. The molecule has 0 aliphatic carbocycles. The SMILES string of the molecule is CCOC(=O)CCC(=O)Nc1cc(C)c(Br)c(C)c1. The van der Waals surface area contributed by atoms with Crippen LogP contribution < -0.4 is 5.32 Å². The van der Waals surface area contributed by atoms with Gasteiger partial charge in [-0.15, -0.1) is 0 Å². The second kappa shape index (κ2) is 7.28. The second-order valence-electron chi connectivity index (χ2n) is 4.28. The van der Waals surface area contributed by atoms with Gasteiger partial charge in [0.25, 0.3) is 0 Å². The van der Waals surface area contributed by atoms with Crippen LogP contribution in [-0.2, 0) is 14.3 Å². The molecule has 0 atom stereocenters. The molecule has 1 aromatic rings. The first-order valence-corrected chi connectivity index (χ1v) is 6.95. The molecule has 1 rings (SSSR count). The maximum absolute atomic E-state index is 11.7. The summed E-state index contributed by atoms with van der Waals surface area (Å²) in [5, 5.41) is 2.78. The molecular formula is C14H18BrNO3. The van der Waals surface area contributed by atoms with E-state index in [1.54, 1.807) is 6.92 Å². The Labute approximate surface area is 121 Å². The molecule has 0 aromatic heterocycles. The topological polar surface area (TPSA) is 55.4 Å². The number of anilines is 1. The van der Waals surface area contributed by atoms with Gasteiger partial charge in [-0.3, -0.25) is 9.59 Å². The van der Waals surface area contributed by atoms with Crippen molar-refractivity contribution < 1.29 is 14.3 Å². The number of carbonyl (C=O) groups excluding carboxylic acids is 2. The van der Waals surface area contributed by atoms with E-state index in [2.05, 4.69) is 21.2 Å². The lowest BCUT2D eigenvalue weighted by molar-refractivity contribution is -0.144. The number of esters is 1. The molecule has 0 bridgehead atoms. The van der Waals surface area contributed by atoms with E-state index in [9.17, 15) is 9.59 Å². The zero-order valence-corrected chi connectivity index (χ0v) is 13.0. The molecule has 0 saturated carbocycles. The lowest BCUT2D eigenvalue weighted by Gasteiger charge is -2.09. The Morgan fingerprint density at radius 3 is 2.32 bits per heavy atom. The Kier molecular flexibility index (Phi) is 6.02. The van der Waals surface area contributed by atoms with Crippen molar-refractivity contribution >= 4 is 33.5 Å². The van der Waals surface area contributed by atoms with Crippen molar-refractivity contribution in [1.82, 2.24) is 0 Å². The number of halogens is 1. The predicted molar refractivity (Wildman–Crippen MR) is 78.1 cm³/mol. The first kappa shape index (κ1) is 15.7. The van der Waals surface area contributed by atoms with Crippen LogP contribution in [0, 0.1) is 13.8 Å². The number of amides is 1. The average Bonchev–Trinajstić information content (AvgIpc) is 2.34. The van der Waals surface area contributed by atoms with Gasteiger partial charge < -0.3 is 10.1 Å². The zero-order chi connectivity index (χ0) is 14.4. The summed E-state index contributed by atoms with van der Waals surface area (Å²) in [6, 6.07) is 3.78. The summed E-state index contributed by atoms with van der Waals surface area (Å²) in [7, 11) is 0. The number of carbonyl (C=O) groups is 2. The van der Waals surface area contributed by atoms with Gasteiger partial charge in [-0.2, -0.15) is 0 Å². The van der Waals surface area contributed by atoms with Crippen LogP contribution in [0.5, 0.6) is 0 Å². The first-order valence-electron chi connectivity index (χ1n) is 6.16. The Morgan fingerprint density at radius 1 is 1.21 bits per heavy atom. The van der Waals surface area contributed by atoms with Crippen LogP contribution >= 0.6 is 15.9 Å². The molecule has 0 saturated heterocycles. The summed E-state index contributed by atoms with van der Waals surface area (Å²) < 4.78 is 5.81. The van der Waals surface area contributed by atoms with E-state index in [0.717, 1.165) is 21.3 Å². The Hall–Kier alpha value is -1.36. The highest BCUT2D eigenvalue weighted by Crippen LogP contribution is 2.25. The van der Waals surface area contributed by atoms with Gasteiger partial charge in [0.15, 0.2) is 0 Å². The molecule has 19 heavy (non-hydrogen) atoms. The molecule has 0 fully saturated rings. The first-order chi connectivity index (χ1) is 8.93. The minimum absolute atomic E-state index is 0.105. The quantitative estimate of drug-likeness (QED) is 0.844. The highest BCUT2D eigenvalue weighted by atomic mass is 79.9. The van der Waals surface area contributed by atoms with Crippen LogP contribution in [-0.4, -0.2) is 18.5 Å². The minimum Gasteiger partial charge on any atom is -0.466 e. The number of hydrogen-bond donors (Lipinski definition) is 1. The van der Waals surface area contributed by atoms with E-state index in [1.807, 2.05) is 26.0 Å². The minimum atomic E-state index is -0.346. The molecule has 4 nitrogen and oxygen atoms in total. The highest BCUT2D eigenvalue weighted by Gasteiger charge is 2.09. The molecule has 104 valence electrons. The molecule has 5 heteroatoms. The van der Waals surface area contributed by atoms with E-state index in [4.69, 9.17) is 4.74 Å². The van der Waals surface area contributed by atoms with Crippen molar-refractivity contribution in [3.8, 4) is 0 Å². The maximum atomic E-state index is 11.7. The van der Waals surface area contributed by atoms with Crippen molar-refractivity contribution in [3.05, 3.63) is 27.7 Å². The normalized spacial score (nSPS) is 10.1. The molecule has 0 spiro atoms. The summed E-state index contributed by atoms with van der Waals surface area (Å²) >= 11 is 3.47. The average molecular weight is 328 g/mol. The number of nitrogens with one attached hydrogen (secondary N) is 1. The van der Waals surface area contributed by atoms with Crippen molar-refractivity contribution in [2.24, 2.45) is 0 Å². The smallest absolute Gasteiger partial charge is 0.306 e. The molecule has 0 radical (unpaired) electrons. The summed E-state index contributed by atoms with van der Waals surface area (Å²) in [5.74, 6) is -0.532. The van der Waals surface area contributed by atoms with Crippen LogP contribution in [0.2, 0.25) is 0 Å². The van der Waals surface area contributed by atoms with E-state index >= 15 is 0 Å². The molecule has 0 aliphatic rings. The molecular weight excluding hydrogens is 310 g/mol. The molecule has 1 aromatic carbocycles. The van der Waals surface area contributed by atoms with Gasteiger partial charge in [0.2, 0.25) is 5.91 Å². The Morgan fingerprint density at radius 2 is 1.79 bits per heavy atom. The fourth-order valence-corrected chi connectivity index (χ4v) is 1.92. The summed E-state index contributed by atoms with van der Waals surface area (Å²) in [6.07, 6.45) is 0.237. The number of aryl methyl sites for hydroxylation is 2. The number of rotatable bonds is 5. The number of hydrogen-bond acceptors (Lipinski definition) is 3. The standard InChI is InChI=1S/C14H18BrNO3/c1-4-19-13(18)6-5-12(17)16-11-7-9(2)14(15)10(3)8-11/h7-8H,4-6H2,1-3H3,(H,16,17). The van der Waals surface area contributed by atoms with E-state index in [0.29, 0.717) is 6.61 Å². The van der Waals surface area contributed by atoms with Crippen LogP contribution in [0.4, 0.5) is 5.69 Å². The third kappa shape index (κ3) is 5.03. The van der Waals surface area contributed by atoms with Crippen molar-refractivity contribution in [1.29, 1.82) is 0 Å². The van der Waals surface area contributed by atoms with Gasteiger partial charge in [-0.1, -0.05) is 15.9 Å². The van der Waals surface area contributed by atoms with Crippen LogP contribution in [0.1, 0.15) is 30.9 Å². The summed E-state index contributed by atoms with van der Waals surface area (Å²) in [6.45, 7) is 6.01. The molecule has 0 aliphatic heterocycles. The maximum Gasteiger partial charge on any atom is 0.306 e. The van der Waals surface area contributed by atoms with Crippen molar-refractivity contribution in [2.45, 2.75) is 33.6 Å². The van der Waals surface area contributed by atoms with Crippen LogP contribution in [0.15, 0.2) is 16.6 Å². The van der Waals surface area contributed by atoms with Crippen LogP contribution in [0.25, 0.3) is 0 Å².